The molecule has 0 unspecified atom stereocenters. The van der Waals surface area contributed by atoms with Crippen molar-refractivity contribution in [1.82, 2.24) is 19.7 Å². The molecule has 0 aliphatic carbocycles. The van der Waals surface area contributed by atoms with E-state index in [9.17, 15) is 9.90 Å². The quantitative estimate of drug-likeness (QED) is 0.278. The fraction of sp³-hybridized carbons (Fsp3) is 0.389. The van der Waals surface area contributed by atoms with Gasteiger partial charge in [-0.25, -0.2) is 14.1 Å². The standard InChI is InChI=1S/C36H43FN8O2/c1-23(2)43-12-14-44(15-13-43)26-10-11-34(38-20-26)40-32-18-31(41-42(6)35(32)47)27-8-7-9-33(29(27)22-46)45-21-28-24(19-39-45)16-25(17-30(28)37)36(3,4)5/h7-11,16-20,23,46H,12-15,21-22H2,1-6H3,(H,38,40). The number of nitrogens with zero attached hydrogens (tertiary/aromatic N) is 7. The van der Waals surface area contributed by atoms with Crippen LogP contribution in [0.3, 0.4) is 0 Å². The van der Waals surface area contributed by atoms with E-state index in [0.29, 0.717) is 45.6 Å². The van der Waals surface area contributed by atoms with Gasteiger partial charge in [-0.1, -0.05) is 32.9 Å². The second-order valence-electron chi connectivity index (χ2n) is 13.6. The Kier molecular flexibility index (Phi) is 8.86. The SMILES string of the molecule is CC(C)N1CCN(c2ccc(Nc3cc(-c4cccc(N5Cc6c(F)cc(C(C)(C)C)cc6C=N5)c4CO)nn(C)c3=O)nc2)CC1. The number of hydrogen-bond acceptors (Lipinski definition) is 9. The van der Waals surface area contributed by atoms with Crippen LogP contribution in [0.2, 0.25) is 0 Å². The van der Waals surface area contributed by atoms with Crippen molar-refractivity contribution >= 4 is 29.1 Å². The minimum absolute atomic E-state index is 0.196. The molecule has 4 aromatic rings. The molecule has 0 spiro atoms. The van der Waals surface area contributed by atoms with Gasteiger partial charge in [-0.2, -0.15) is 10.2 Å². The molecule has 0 amide bonds. The third-order valence-corrected chi connectivity index (χ3v) is 9.09. The van der Waals surface area contributed by atoms with Crippen LogP contribution in [0.15, 0.2) is 64.6 Å². The first-order chi connectivity index (χ1) is 22.4. The molecule has 1 fully saturated rings. The monoisotopic (exact) mass is 638 g/mol. The van der Waals surface area contributed by atoms with Crippen LogP contribution in [0.4, 0.5) is 27.3 Å². The molecule has 0 atom stereocenters. The van der Waals surface area contributed by atoms with Crippen LogP contribution < -0.4 is 20.8 Å². The molecule has 2 aliphatic rings. The van der Waals surface area contributed by atoms with E-state index >= 15 is 4.39 Å². The van der Waals surface area contributed by atoms with Gasteiger partial charge in [0.15, 0.2) is 0 Å². The molecule has 2 aromatic carbocycles. The van der Waals surface area contributed by atoms with Gasteiger partial charge in [0.25, 0.3) is 5.56 Å². The van der Waals surface area contributed by atoms with Crippen LogP contribution in [0.1, 0.15) is 56.9 Å². The average molecular weight is 639 g/mol. The molecule has 11 heteroatoms. The number of nitrogens with one attached hydrogen (secondary N) is 1. The molecule has 0 saturated carbocycles. The number of aliphatic hydroxyl groups excluding tert-OH is 1. The molecule has 2 aliphatic heterocycles. The Balaban J connectivity index is 1.26. The van der Waals surface area contributed by atoms with E-state index < -0.39 is 0 Å². The normalized spacial score (nSPS) is 15.3. The number of pyridine rings is 1. The van der Waals surface area contributed by atoms with Crippen molar-refractivity contribution in [2.45, 2.75) is 59.2 Å². The van der Waals surface area contributed by atoms with Gasteiger partial charge >= 0.3 is 0 Å². The summed E-state index contributed by atoms with van der Waals surface area (Å²) in [6.45, 7) is 14.4. The van der Waals surface area contributed by atoms with E-state index in [1.165, 1.54) is 4.68 Å². The second-order valence-corrected chi connectivity index (χ2v) is 13.6. The number of halogens is 1. The van der Waals surface area contributed by atoms with Crippen molar-refractivity contribution in [3.8, 4) is 11.3 Å². The van der Waals surface area contributed by atoms with Gasteiger partial charge < -0.3 is 15.3 Å². The molecule has 47 heavy (non-hydrogen) atoms. The van der Waals surface area contributed by atoms with Crippen LogP contribution in [0.5, 0.6) is 0 Å². The summed E-state index contributed by atoms with van der Waals surface area (Å²) < 4.78 is 16.6. The number of anilines is 4. The van der Waals surface area contributed by atoms with Crippen LogP contribution >= 0.6 is 0 Å². The van der Waals surface area contributed by atoms with E-state index in [4.69, 9.17) is 0 Å². The molecule has 10 nitrogen and oxygen atoms in total. The van der Waals surface area contributed by atoms with Crippen LogP contribution in [0, 0.1) is 5.82 Å². The number of aryl methyl sites for hydroxylation is 1. The second kappa shape index (κ2) is 12.9. The Labute approximate surface area is 275 Å². The summed E-state index contributed by atoms with van der Waals surface area (Å²) in [6.07, 6.45) is 3.50. The van der Waals surface area contributed by atoms with Crippen molar-refractivity contribution in [1.29, 1.82) is 0 Å². The smallest absolute Gasteiger partial charge is 0.290 e. The highest BCUT2D eigenvalue weighted by Gasteiger charge is 2.25. The Morgan fingerprint density at radius 2 is 1.81 bits per heavy atom. The maximum absolute atomic E-state index is 15.3. The summed E-state index contributed by atoms with van der Waals surface area (Å²) >= 11 is 0. The summed E-state index contributed by atoms with van der Waals surface area (Å²) in [4.78, 5) is 22.5. The number of aliphatic hydroxyl groups is 1. The molecule has 4 heterocycles. The molecule has 6 rings (SSSR count). The third kappa shape index (κ3) is 6.63. The van der Waals surface area contributed by atoms with Gasteiger partial charge in [-0.3, -0.25) is 14.7 Å². The Morgan fingerprint density at radius 1 is 1.04 bits per heavy atom. The minimum atomic E-state index is -0.312. The van der Waals surface area contributed by atoms with Gasteiger partial charge in [0.05, 0.1) is 42.6 Å². The van der Waals surface area contributed by atoms with Crippen LogP contribution in [-0.2, 0) is 25.6 Å². The third-order valence-electron chi connectivity index (χ3n) is 9.09. The van der Waals surface area contributed by atoms with E-state index in [1.54, 1.807) is 30.4 Å². The Morgan fingerprint density at radius 3 is 2.47 bits per heavy atom. The number of fused-ring (bicyclic) bond motifs is 1. The summed E-state index contributed by atoms with van der Waals surface area (Å²) in [5.41, 5.74) is 5.36. The maximum atomic E-state index is 15.3. The molecular formula is C36H43FN8O2. The fourth-order valence-electron chi connectivity index (χ4n) is 6.18. The first-order valence-electron chi connectivity index (χ1n) is 16.1. The molecule has 246 valence electrons. The van der Waals surface area contributed by atoms with Gasteiger partial charge in [0.2, 0.25) is 0 Å². The molecule has 1 saturated heterocycles. The van der Waals surface area contributed by atoms with Gasteiger partial charge in [0.1, 0.15) is 17.3 Å². The summed E-state index contributed by atoms with van der Waals surface area (Å²) in [6, 6.07) is 15.2. The average Bonchev–Trinajstić information content (AvgIpc) is 3.06. The zero-order chi connectivity index (χ0) is 33.5. The lowest BCUT2D eigenvalue weighted by atomic mass is 9.85. The van der Waals surface area contributed by atoms with Crippen molar-refractivity contribution < 1.29 is 9.50 Å². The molecule has 0 bridgehead atoms. The van der Waals surface area contributed by atoms with E-state index in [-0.39, 0.29) is 29.9 Å². The zero-order valence-corrected chi connectivity index (χ0v) is 28.0. The number of aromatic nitrogens is 3. The molecule has 0 radical (unpaired) electrons. The number of hydrogen-bond donors (Lipinski definition) is 2. The van der Waals surface area contributed by atoms with Crippen molar-refractivity contribution in [3.63, 3.8) is 0 Å². The van der Waals surface area contributed by atoms with Crippen LogP contribution in [0.25, 0.3) is 11.3 Å². The first kappa shape index (κ1) is 32.3. The molecular weight excluding hydrogens is 595 g/mol. The van der Waals surface area contributed by atoms with Gasteiger partial charge in [0, 0.05) is 61.5 Å². The lowest BCUT2D eigenvalue weighted by molar-refractivity contribution is 0.209. The summed E-state index contributed by atoms with van der Waals surface area (Å²) in [5.74, 6) is 0.258. The van der Waals surface area contributed by atoms with Gasteiger partial charge in [-0.05, 0) is 61.2 Å². The van der Waals surface area contributed by atoms with Gasteiger partial charge in [-0.15, -0.1) is 0 Å². The fourth-order valence-corrected chi connectivity index (χ4v) is 6.18. The van der Waals surface area contributed by atoms with Crippen molar-refractivity contribution in [2.75, 3.05) is 41.4 Å². The largest absolute Gasteiger partial charge is 0.392 e. The highest BCUT2D eigenvalue weighted by molar-refractivity contribution is 5.85. The highest BCUT2D eigenvalue weighted by atomic mass is 19.1. The van der Waals surface area contributed by atoms with Crippen molar-refractivity contribution in [3.05, 3.63) is 93.2 Å². The summed E-state index contributed by atoms with van der Waals surface area (Å²) in [5, 5.41) is 24.6. The van der Waals surface area contributed by atoms with Crippen LogP contribution in [-0.4, -0.2) is 63.2 Å². The molecule has 2 aromatic heterocycles. The lowest BCUT2D eigenvalue weighted by Gasteiger charge is -2.38. The Bertz CT molecular complexity index is 1850. The van der Waals surface area contributed by atoms with E-state index in [0.717, 1.165) is 43.0 Å². The number of rotatable bonds is 7. The number of hydrazone groups is 1. The van der Waals surface area contributed by atoms with E-state index in [1.807, 2.05) is 42.6 Å². The topological polar surface area (TPSA) is 102 Å². The predicted molar refractivity (Wildman–Crippen MR) is 186 cm³/mol. The van der Waals surface area contributed by atoms with Crippen molar-refractivity contribution in [2.24, 2.45) is 12.1 Å². The predicted octanol–water partition coefficient (Wildman–Crippen LogP) is 5.40. The van der Waals surface area contributed by atoms with E-state index in [2.05, 4.69) is 64.9 Å². The maximum Gasteiger partial charge on any atom is 0.290 e. The zero-order valence-electron chi connectivity index (χ0n) is 28.0. The lowest BCUT2D eigenvalue weighted by Crippen LogP contribution is -2.48. The Hall–Kier alpha value is -4.61. The highest BCUT2D eigenvalue weighted by Crippen LogP contribution is 2.35. The minimum Gasteiger partial charge on any atom is -0.392 e. The number of benzene rings is 2. The number of piperazine rings is 1. The first-order valence-corrected chi connectivity index (χ1v) is 16.1. The molecule has 2 N–H and O–H groups in total. The summed E-state index contributed by atoms with van der Waals surface area (Å²) in [7, 11) is 1.59.